The molecule has 164 valence electrons. The minimum absolute atomic E-state index is 0.00643. The standard InChI is InChI=1S/C22H23N7O2S/c1-15-20(21(30)29(27(15)2)17-8-4-3-5-9-17)28-22(24-25-26-28)32-18-10-12-31-19(13-18)16-7-6-11-23-14-16/h3-9,11,14,18-19H,10,12-13H2,1-2H3. The lowest BCUT2D eigenvalue weighted by Crippen LogP contribution is -2.23. The number of aromatic nitrogens is 7. The maximum absolute atomic E-state index is 13.4. The second-order valence-corrected chi connectivity index (χ2v) is 8.96. The molecule has 2 unspecified atom stereocenters. The van der Waals surface area contributed by atoms with Crippen LogP contribution in [-0.2, 0) is 11.8 Å². The van der Waals surface area contributed by atoms with Crippen LogP contribution in [-0.4, -0.2) is 46.4 Å². The van der Waals surface area contributed by atoms with Gasteiger partial charge in [0.15, 0.2) is 5.69 Å². The number of hydrogen-bond donors (Lipinski definition) is 0. The van der Waals surface area contributed by atoms with Gasteiger partial charge in [-0.15, -0.1) is 5.10 Å². The van der Waals surface area contributed by atoms with E-state index in [1.165, 1.54) is 0 Å². The van der Waals surface area contributed by atoms with Gasteiger partial charge in [0, 0.05) is 31.3 Å². The molecule has 0 radical (unpaired) electrons. The summed E-state index contributed by atoms with van der Waals surface area (Å²) in [4.78, 5) is 17.6. The Morgan fingerprint density at radius 2 is 2.00 bits per heavy atom. The molecule has 0 saturated carbocycles. The molecule has 0 amide bonds. The quantitative estimate of drug-likeness (QED) is 0.463. The third kappa shape index (κ3) is 3.76. The van der Waals surface area contributed by atoms with Crippen molar-refractivity contribution in [2.24, 2.45) is 7.05 Å². The molecule has 3 aromatic heterocycles. The van der Waals surface area contributed by atoms with Crippen molar-refractivity contribution in [3.63, 3.8) is 0 Å². The molecule has 1 aliphatic rings. The number of hydrogen-bond acceptors (Lipinski definition) is 7. The molecule has 1 aliphatic heterocycles. The maximum Gasteiger partial charge on any atom is 0.297 e. The van der Waals surface area contributed by atoms with Gasteiger partial charge in [-0.2, -0.15) is 4.68 Å². The first kappa shape index (κ1) is 20.7. The summed E-state index contributed by atoms with van der Waals surface area (Å²) in [6.45, 7) is 2.56. The molecular weight excluding hydrogens is 426 g/mol. The first-order chi connectivity index (χ1) is 15.6. The third-order valence-corrected chi connectivity index (χ3v) is 6.97. The third-order valence-electron chi connectivity index (χ3n) is 5.74. The molecule has 1 aromatic carbocycles. The number of thioether (sulfide) groups is 1. The van der Waals surface area contributed by atoms with Crippen LogP contribution in [0.1, 0.15) is 30.2 Å². The second-order valence-electron chi connectivity index (χ2n) is 7.69. The first-order valence-corrected chi connectivity index (χ1v) is 11.3. The predicted molar refractivity (Wildman–Crippen MR) is 120 cm³/mol. The average molecular weight is 450 g/mol. The predicted octanol–water partition coefficient (Wildman–Crippen LogP) is 2.87. The van der Waals surface area contributed by atoms with Gasteiger partial charge < -0.3 is 4.74 Å². The molecule has 0 aliphatic carbocycles. The van der Waals surface area contributed by atoms with Crippen molar-refractivity contribution in [3.8, 4) is 11.4 Å². The van der Waals surface area contributed by atoms with Crippen LogP contribution in [0.25, 0.3) is 11.4 Å². The zero-order valence-corrected chi connectivity index (χ0v) is 18.6. The molecule has 5 rings (SSSR count). The summed E-state index contributed by atoms with van der Waals surface area (Å²) in [5.41, 5.74) is 2.95. The van der Waals surface area contributed by atoms with E-state index in [1.807, 2.05) is 67.3 Å². The van der Waals surface area contributed by atoms with E-state index in [2.05, 4.69) is 20.5 Å². The van der Waals surface area contributed by atoms with E-state index in [-0.39, 0.29) is 16.9 Å². The van der Waals surface area contributed by atoms with E-state index in [9.17, 15) is 4.79 Å². The van der Waals surface area contributed by atoms with Crippen molar-refractivity contribution in [2.45, 2.75) is 36.3 Å². The molecule has 2 atom stereocenters. The number of para-hydroxylation sites is 1. The van der Waals surface area contributed by atoms with E-state index in [0.29, 0.717) is 17.5 Å². The van der Waals surface area contributed by atoms with E-state index in [4.69, 9.17) is 4.74 Å². The fourth-order valence-corrected chi connectivity index (χ4v) is 5.11. The van der Waals surface area contributed by atoms with Crippen LogP contribution in [0.2, 0.25) is 0 Å². The number of benzene rings is 1. The first-order valence-electron chi connectivity index (χ1n) is 10.4. The highest BCUT2D eigenvalue weighted by Gasteiger charge is 2.28. The number of nitrogens with zero attached hydrogens (tertiary/aromatic N) is 7. The zero-order valence-electron chi connectivity index (χ0n) is 17.8. The molecule has 4 heterocycles. The van der Waals surface area contributed by atoms with Gasteiger partial charge in [0.1, 0.15) is 0 Å². The molecular formula is C22H23N7O2S. The van der Waals surface area contributed by atoms with Crippen LogP contribution in [0, 0.1) is 6.92 Å². The molecule has 32 heavy (non-hydrogen) atoms. The summed E-state index contributed by atoms with van der Waals surface area (Å²) < 4.78 is 11.0. The lowest BCUT2D eigenvalue weighted by atomic mass is 10.0. The van der Waals surface area contributed by atoms with Crippen LogP contribution in [0.5, 0.6) is 0 Å². The van der Waals surface area contributed by atoms with Gasteiger partial charge in [-0.3, -0.25) is 14.5 Å². The van der Waals surface area contributed by atoms with E-state index in [0.717, 1.165) is 29.8 Å². The maximum atomic E-state index is 13.4. The molecule has 0 N–H and O–H groups in total. The fourth-order valence-electron chi connectivity index (χ4n) is 4.01. The summed E-state index contributed by atoms with van der Waals surface area (Å²) in [5.74, 6) is 0. The highest BCUT2D eigenvalue weighted by molar-refractivity contribution is 7.99. The van der Waals surface area contributed by atoms with Crippen LogP contribution in [0.15, 0.2) is 64.8 Å². The van der Waals surface area contributed by atoms with Crippen LogP contribution < -0.4 is 5.56 Å². The summed E-state index contributed by atoms with van der Waals surface area (Å²) in [5, 5.41) is 13.1. The lowest BCUT2D eigenvalue weighted by molar-refractivity contribution is 0.0176. The van der Waals surface area contributed by atoms with Crippen molar-refractivity contribution >= 4 is 11.8 Å². The van der Waals surface area contributed by atoms with E-state index in [1.54, 1.807) is 27.3 Å². The summed E-state index contributed by atoms with van der Waals surface area (Å²) in [6.07, 6.45) is 5.31. The smallest absolute Gasteiger partial charge is 0.297 e. The van der Waals surface area contributed by atoms with E-state index < -0.39 is 0 Å². The van der Waals surface area contributed by atoms with Crippen LogP contribution in [0.4, 0.5) is 0 Å². The van der Waals surface area contributed by atoms with Crippen molar-refractivity contribution in [1.82, 2.24) is 34.6 Å². The van der Waals surface area contributed by atoms with E-state index >= 15 is 0 Å². The second kappa shape index (κ2) is 8.71. The fraction of sp³-hybridized carbons (Fsp3) is 0.318. The number of pyridine rings is 1. The molecule has 0 spiro atoms. The molecule has 0 bridgehead atoms. The van der Waals surface area contributed by atoms with Gasteiger partial charge in [-0.1, -0.05) is 36.0 Å². The highest BCUT2D eigenvalue weighted by atomic mass is 32.2. The number of ether oxygens (including phenoxy) is 1. The lowest BCUT2D eigenvalue weighted by Gasteiger charge is -2.28. The van der Waals surface area contributed by atoms with Gasteiger partial charge in [-0.05, 0) is 54.0 Å². The van der Waals surface area contributed by atoms with Gasteiger partial charge in [-0.25, -0.2) is 4.68 Å². The van der Waals surface area contributed by atoms with Gasteiger partial charge in [0.2, 0.25) is 5.16 Å². The topological polar surface area (TPSA) is 92.7 Å². The Kier molecular flexibility index (Phi) is 5.62. The van der Waals surface area contributed by atoms with Gasteiger partial charge in [0.05, 0.1) is 17.5 Å². The Morgan fingerprint density at radius 3 is 2.78 bits per heavy atom. The minimum atomic E-state index is -0.162. The molecule has 10 heteroatoms. The molecule has 1 fully saturated rings. The van der Waals surface area contributed by atoms with Crippen LogP contribution in [0.3, 0.4) is 0 Å². The number of rotatable bonds is 5. The largest absolute Gasteiger partial charge is 0.373 e. The van der Waals surface area contributed by atoms with Crippen molar-refractivity contribution in [1.29, 1.82) is 0 Å². The molecule has 4 aromatic rings. The Morgan fingerprint density at radius 1 is 1.16 bits per heavy atom. The van der Waals surface area contributed by atoms with Crippen molar-refractivity contribution in [2.75, 3.05) is 6.61 Å². The average Bonchev–Trinajstić information content (AvgIpc) is 3.36. The zero-order chi connectivity index (χ0) is 22.1. The summed E-state index contributed by atoms with van der Waals surface area (Å²) in [6, 6.07) is 13.5. The van der Waals surface area contributed by atoms with Gasteiger partial charge in [0.25, 0.3) is 5.56 Å². The Bertz CT molecular complexity index is 1270. The van der Waals surface area contributed by atoms with Crippen LogP contribution >= 0.6 is 11.8 Å². The summed E-state index contributed by atoms with van der Waals surface area (Å²) in [7, 11) is 1.86. The normalized spacial score (nSPS) is 18.7. The Labute approximate surface area is 189 Å². The highest BCUT2D eigenvalue weighted by Crippen LogP contribution is 2.36. The Balaban J connectivity index is 1.44. The molecule has 9 nitrogen and oxygen atoms in total. The minimum Gasteiger partial charge on any atom is -0.373 e. The Hall–Kier alpha value is -3.24. The number of tetrazole rings is 1. The van der Waals surface area contributed by atoms with Gasteiger partial charge >= 0.3 is 0 Å². The van der Waals surface area contributed by atoms with Crippen molar-refractivity contribution < 1.29 is 4.74 Å². The molecule has 1 saturated heterocycles. The van der Waals surface area contributed by atoms with Crippen molar-refractivity contribution in [3.05, 3.63) is 76.5 Å². The monoisotopic (exact) mass is 449 g/mol. The SMILES string of the molecule is Cc1c(-n2nnnc2SC2CCOC(c3cccnc3)C2)c(=O)n(-c2ccccc2)n1C. The summed E-state index contributed by atoms with van der Waals surface area (Å²) >= 11 is 1.59.